The highest BCUT2D eigenvalue weighted by atomic mass is 16.4. The van der Waals surface area contributed by atoms with Crippen molar-refractivity contribution < 1.29 is 19.7 Å². The Bertz CT molecular complexity index is 793. The molecule has 7 nitrogen and oxygen atoms in total. The predicted molar refractivity (Wildman–Crippen MR) is 76.7 cm³/mol. The maximum atomic E-state index is 9.62. The van der Waals surface area contributed by atoms with Crippen molar-refractivity contribution in [3.63, 3.8) is 0 Å². The number of aromatic hydroxyl groups is 3. The molecule has 21 heavy (non-hydrogen) atoms. The Morgan fingerprint density at radius 3 is 2.67 bits per heavy atom. The number of nitrogens with one attached hydrogen (secondary N) is 1. The van der Waals surface area contributed by atoms with E-state index in [2.05, 4.69) is 15.5 Å². The van der Waals surface area contributed by atoms with E-state index in [1.165, 1.54) is 18.3 Å². The summed E-state index contributed by atoms with van der Waals surface area (Å²) in [6.45, 7) is 0. The fourth-order valence-electron chi connectivity index (χ4n) is 1.77. The first kappa shape index (κ1) is 12.8. The Kier molecular flexibility index (Phi) is 3.07. The molecule has 0 fully saturated rings. The second-order valence-corrected chi connectivity index (χ2v) is 4.23. The molecule has 4 N–H and O–H groups in total. The summed E-state index contributed by atoms with van der Waals surface area (Å²) >= 11 is 0. The number of nitrogens with zero attached hydrogens (tertiary/aromatic N) is 2. The van der Waals surface area contributed by atoms with Gasteiger partial charge in [0.05, 0.1) is 6.21 Å². The highest BCUT2D eigenvalue weighted by molar-refractivity contribution is 5.86. The molecule has 0 amide bonds. The van der Waals surface area contributed by atoms with E-state index >= 15 is 0 Å². The summed E-state index contributed by atoms with van der Waals surface area (Å²) in [6, 6.07) is 10.1. The quantitative estimate of drug-likeness (QED) is 0.334. The lowest BCUT2D eigenvalue weighted by Gasteiger charge is -2.02. The van der Waals surface area contributed by atoms with E-state index in [-0.39, 0.29) is 11.6 Å². The Hall–Kier alpha value is -3.22. The van der Waals surface area contributed by atoms with Gasteiger partial charge in [-0.1, -0.05) is 12.1 Å². The number of aromatic nitrogens is 1. The first-order valence-corrected chi connectivity index (χ1v) is 6.03. The van der Waals surface area contributed by atoms with Gasteiger partial charge in [-0.15, -0.1) is 0 Å². The Morgan fingerprint density at radius 2 is 1.86 bits per heavy atom. The molecule has 0 spiro atoms. The molecular weight excluding hydrogens is 274 g/mol. The lowest BCUT2D eigenvalue weighted by molar-refractivity contribution is 0.367. The minimum absolute atomic E-state index is 0.204. The standard InChI is InChI=1S/C14H11N3O4/c18-10-6-5-8(12(19)13(10)20)7-15-17-14-16-9-3-1-2-4-11(9)21-14/h1-7,18-20H,(H,16,17)/b15-7+. The lowest BCUT2D eigenvalue weighted by Crippen LogP contribution is -1.91. The molecule has 106 valence electrons. The monoisotopic (exact) mass is 285 g/mol. The molecule has 0 bridgehead atoms. The van der Waals surface area contributed by atoms with Crippen LogP contribution in [0.2, 0.25) is 0 Å². The normalized spacial score (nSPS) is 11.2. The van der Waals surface area contributed by atoms with Crippen molar-refractivity contribution in [3.05, 3.63) is 42.0 Å². The number of rotatable bonds is 3. The predicted octanol–water partition coefficient (Wildman–Crippen LogP) is 2.39. The second-order valence-electron chi connectivity index (χ2n) is 4.23. The van der Waals surface area contributed by atoms with Gasteiger partial charge in [0.1, 0.15) is 5.52 Å². The number of phenolic OH excluding ortho intramolecular Hbond substituents is 3. The van der Waals surface area contributed by atoms with Crippen LogP contribution < -0.4 is 5.43 Å². The van der Waals surface area contributed by atoms with Crippen LogP contribution in [0.15, 0.2) is 45.9 Å². The van der Waals surface area contributed by atoms with Crippen molar-refractivity contribution in [3.8, 4) is 17.2 Å². The summed E-state index contributed by atoms with van der Waals surface area (Å²) in [5.74, 6) is -1.46. The largest absolute Gasteiger partial charge is 0.504 e. The molecule has 3 rings (SSSR count). The molecule has 7 heteroatoms. The van der Waals surface area contributed by atoms with Gasteiger partial charge in [-0.05, 0) is 24.3 Å². The van der Waals surface area contributed by atoms with Crippen LogP contribution in [0.1, 0.15) is 5.56 Å². The molecule has 0 radical (unpaired) electrons. The van der Waals surface area contributed by atoms with Crippen LogP contribution in [0.4, 0.5) is 6.01 Å². The third-order valence-corrected chi connectivity index (χ3v) is 2.82. The Morgan fingerprint density at radius 1 is 1.05 bits per heavy atom. The summed E-state index contributed by atoms with van der Waals surface area (Å²) in [5, 5.41) is 32.1. The zero-order valence-electron chi connectivity index (χ0n) is 10.7. The maximum Gasteiger partial charge on any atom is 0.316 e. The van der Waals surface area contributed by atoms with Crippen LogP contribution in [0.3, 0.4) is 0 Å². The number of oxazole rings is 1. The van der Waals surface area contributed by atoms with Gasteiger partial charge in [-0.2, -0.15) is 10.1 Å². The molecule has 2 aromatic carbocycles. The van der Waals surface area contributed by atoms with E-state index in [9.17, 15) is 15.3 Å². The van der Waals surface area contributed by atoms with Crippen molar-refractivity contribution in [1.82, 2.24) is 4.98 Å². The van der Waals surface area contributed by atoms with Gasteiger partial charge < -0.3 is 19.7 Å². The molecule has 0 aliphatic carbocycles. The molecule has 0 saturated heterocycles. The fraction of sp³-hybridized carbons (Fsp3) is 0. The van der Waals surface area contributed by atoms with Crippen LogP contribution >= 0.6 is 0 Å². The topological polar surface area (TPSA) is 111 Å². The van der Waals surface area contributed by atoms with Gasteiger partial charge in [0, 0.05) is 5.56 Å². The van der Waals surface area contributed by atoms with Gasteiger partial charge in [0.15, 0.2) is 17.1 Å². The number of benzene rings is 2. The van der Waals surface area contributed by atoms with Crippen LogP contribution in [0, 0.1) is 0 Å². The first-order chi connectivity index (χ1) is 10.1. The highest BCUT2D eigenvalue weighted by Crippen LogP contribution is 2.36. The number of phenols is 3. The van der Waals surface area contributed by atoms with Crippen LogP contribution in [0.5, 0.6) is 17.2 Å². The van der Waals surface area contributed by atoms with Gasteiger partial charge in [0.25, 0.3) is 0 Å². The molecule has 3 aromatic rings. The number of para-hydroxylation sites is 2. The van der Waals surface area contributed by atoms with E-state index < -0.39 is 17.2 Å². The van der Waals surface area contributed by atoms with Crippen molar-refractivity contribution in [2.24, 2.45) is 5.10 Å². The summed E-state index contributed by atoms with van der Waals surface area (Å²) < 4.78 is 5.39. The average molecular weight is 285 g/mol. The van der Waals surface area contributed by atoms with Crippen LogP contribution in [-0.4, -0.2) is 26.5 Å². The summed E-state index contributed by atoms with van der Waals surface area (Å²) in [6.07, 6.45) is 1.27. The van der Waals surface area contributed by atoms with E-state index in [1.807, 2.05) is 12.1 Å². The van der Waals surface area contributed by atoms with Crippen LogP contribution in [-0.2, 0) is 0 Å². The molecule has 0 aliphatic rings. The molecule has 0 saturated carbocycles. The zero-order valence-corrected chi connectivity index (χ0v) is 10.7. The minimum atomic E-state index is -0.596. The number of fused-ring (bicyclic) bond motifs is 1. The van der Waals surface area contributed by atoms with Crippen molar-refractivity contribution in [2.75, 3.05) is 5.43 Å². The Labute approximate surface area is 118 Å². The minimum Gasteiger partial charge on any atom is -0.504 e. The van der Waals surface area contributed by atoms with Crippen molar-refractivity contribution in [2.45, 2.75) is 0 Å². The van der Waals surface area contributed by atoms with Crippen LogP contribution in [0.25, 0.3) is 11.1 Å². The van der Waals surface area contributed by atoms with E-state index in [0.29, 0.717) is 11.1 Å². The first-order valence-electron chi connectivity index (χ1n) is 6.03. The summed E-state index contributed by atoms with van der Waals surface area (Å²) in [5.41, 5.74) is 4.13. The van der Waals surface area contributed by atoms with Gasteiger partial charge in [-0.3, -0.25) is 0 Å². The zero-order chi connectivity index (χ0) is 14.8. The van der Waals surface area contributed by atoms with E-state index in [1.54, 1.807) is 12.1 Å². The number of hydrogen-bond acceptors (Lipinski definition) is 7. The lowest BCUT2D eigenvalue weighted by atomic mass is 10.2. The maximum absolute atomic E-state index is 9.62. The SMILES string of the molecule is Oc1ccc(/C=N/Nc2nc3ccccc3o2)c(O)c1O. The smallest absolute Gasteiger partial charge is 0.316 e. The van der Waals surface area contributed by atoms with E-state index in [4.69, 9.17) is 4.42 Å². The fourth-order valence-corrected chi connectivity index (χ4v) is 1.77. The molecule has 1 heterocycles. The summed E-state index contributed by atoms with van der Waals surface area (Å²) in [4.78, 5) is 4.15. The highest BCUT2D eigenvalue weighted by Gasteiger charge is 2.09. The molecule has 0 aliphatic heterocycles. The molecular formula is C14H11N3O4. The number of hydrazone groups is 1. The molecule has 0 unspecified atom stereocenters. The molecule has 0 atom stereocenters. The second kappa shape index (κ2) is 5.04. The van der Waals surface area contributed by atoms with Gasteiger partial charge in [0.2, 0.25) is 5.75 Å². The number of hydrogen-bond donors (Lipinski definition) is 4. The average Bonchev–Trinajstić information content (AvgIpc) is 2.90. The van der Waals surface area contributed by atoms with Crippen molar-refractivity contribution in [1.29, 1.82) is 0 Å². The molecule has 1 aromatic heterocycles. The number of anilines is 1. The van der Waals surface area contributed by atoms with Crippen molar-refractivity contribution >= 4 is 23.3 Å². The van der Waals surface area contributed by atoms with Gasteiger partial charge in [-0.25, -0.2) is 5.43 Å². The van der Waals surface area contributed by atoms with E-state index in [0.717, 1.165) is 0 Å². The summed E-state index contributed by atoms with van der Waals surface area (Å²) in [7, 11) is 0. The third kappa shape index (κ3) is 2.44. The third-order valence-electron chi connectivity index (χ3n) is 2.82. The Balaban J connectivity index is 1.79. The van der Waals surface area contributed by atoms with Gasteiger partial charge >= 0.3 is 6.01 Å².